The van der Waals surface area contributed by atoms with Crippen molar-refractivity contribution in [3.05, 3.63) is 47.8 Å². The molecule has 6 nitrogen and oxygen atoms in total. The lowest BCUT2D eigenvalue weighted by atomic mass is 10.1. The molecule has 0 amide bonds. The van der Waals surface area contributed by atoms with Crippen molar-refractivity contribution < 1.29 is 8.78 Å². The molecule has 29 heavy (non-hydrogen) atoms. The lowest BCUT2D eigenvalue weighted by molar-refractivity contribution is 0.467. The van der Waals surface area contributed by atoms with E-state index in [1.54, 1.807) is 7.05 Å². The Balaban J connectivity index is 0.00000240. The average molecular weight is 516 g/mol. The van der Waals surface area contributed by atoms with Crippen molar-refractivity contribution in [1.29, 1.82) is 0 Å². The summed E-state index contributed by atoms with van der Waals surface area (Å²) in [6.07, 6.45) is 6.73. The van der Waals surface area contributed by atoms with E-state index in [2.05, 4.69) is 25.6 Å². The predicted molar refractivity (Wildman–Crippen MR) is 121 cm³/mol. The SMILES string of the molecule is CN=C(NC1CCCN(c2cnn(C)c2)C1)NC1CC1c1c(F)cccc1F.I. The van der Waals surface area contributed by atoms with E-state index < -0.39 is 11.6 Å². The van der Waals surface area contributed by atoms with Crippen molar-refractivity contribution in [2.24, 2.45) is 12.0 Å². The highest BCUT2D eigenvalue weighted by Gasteiger charge is 2.42. The Hall–Kier alpha value is -1.91. The summed E-state index contributed by atoms with van der Waals surface area (Å²) in [6, 6.07) is 4.28. The quantitative estimate of drug-likeness (QED) is 0.373. The van der Waals surface area contributed by atoms with Gasteiger partial charge in [-0.2, -0.15) is 5.10 Å². The van der Waals surface area contributed by atoms with Crippen molar-refractivity contribution in [2.45, 2.75) is 37.3 Å². The molecule has 2 N–H and O–H groups in total. The topological polar surface area (TPSA) is 57.5 Å². The molecule has 2 heterocycles. The minimum atomic E-state index is -0.475. The van der Waals surface area contributed by atoms with E-state index in [1.807, 2.05) is 24.1 Å². The van der Waals surface area contributed by atoms with Crippen LogP contribution in [0.15, 0.2) is 35.6 Å². The first-order valence-corrected chi connectivity index (χ1v) is 9.72. The van der Waals surface area contributed by atoms with Gasteiger partial charge in [-0.15, -0.1) is 24.0 Å². The van der Waals surface area contributed by atoms with E-state index in [1.165, 1.54) is 18.2 Å². The number of guanidine groups is 1. The molecule has 1 aromatic carbocycles. The smallest absolute Gasteiger partial charge is 0.191 e. The molecule has 0 bridgehead atoms. The van der Waals surface area contributed by atoms with Gasteiger partial charge in [0, 0.05) is 56.9 Å². The van der Waals surface area contributed by atoms with Crippen molar-refractivity contribution in [2.75, 3.05) is 25.0 Å². The van der Waals surface area contributed by atoms with Gasteiger partial charge in [-0.3, -0.25) is 9.67 Å². The lowest BCUT2D eigenvalue weighted by Crippen LogP contribution is -2.51. The zero-order chi connectivity index (χ0) is 19.7. The second kappa shape index (κ2) is 9.27. The number of rotatable bonds is 4. The third-order valence-electron chi connectivity index (χ3n) is 5.53. The molecule has 158 valence electrons. The first kappa shape index (κ1) is 21.8. The number of benzene rings is 1. The molecule has 2 aromatic rings. The van der Waals surface area contributed by atoms with Crippen molar-refractivity contribution in [1.82, 2.24) is 20.4 Å². The molecular formula is C20H27F2IN6. The van der Waals surface area contributed by atoms with Crippen molar-refractivity contribution in [3.63, 3.8) is 0 Å². The predicted octanol–water partition coefficient (Wildman–Crippen LogP) is 3.01. The van der Waals surface area contributed by atoms with E-state index in [-0.39, 0.29) is 47.5 Å². The molecule has 2 fully saturated rings. The highest BCUT2D eigenvalue weighted by molar-refractivity contribution is 14.0. The number of halogens is 3. The summed E-state index contributed by atoms with van der Waals surface area (Å²) in [5.74, 6) is -0.423. The summed E-state index contributed by atoms with van der Waals surface area (Å²) in [5.41, 5.74) is 1.30. The zero-order valence-electron chi connectivity index (χ0n) is 16.6. The molecule has 1 aliphatic carbocycles. The van der Waals surface area contributed by atoms with E-state index in [0.717, 1.165) is 31.6 Å². The maximum Gasteiger partial charge on any atom is 0.191 e. The van der Waals surface area contributed by atoms with Gasteiger partial charge in [-0.25, -0.2) is 8.78 Å². The molecule has 0 spiro atoms. The van der Waals surface area contributed by atoms with Crippen LogP contribution in [0.3, 0.4) is 0 Å². The third-order valence-corrected chi connectivity index (χ3v) is 5.53. The van der Waals surface area contributed by atoms with Gasteiger partial charge in [0.2, 0.25) is 0 Å². The van der Waals surface area contributed by atoms with Gasteiger partial charge in [-0.1, -0.05) is 6.07 Å². The Morgan fingerprint density at radius 1 is 1.24 bits per heavy atom. The van der Waals surface area contributed by atoms with Crippen LogP contribution in [0.1, 0.15) is 30.7 Å². The Kier molecular flexibility index (Phi) is 6.97. The summed E-state index contributed by atoms with van der Waals surface area (Å²) in [5, 5.41) is 11.0. The van der Waals surface area contributed by atoms with E-state index in [0.29, 0.717) is 12.4 Å². The second-order valence-electron chi connectivity index (χ2n) is 7.60. The van der Waals surface area contributed by atoms with Crippen LogP contribution in [0.2, 0.25) is 0 Å². The van der Waals surface area contributed by atoms with Gasteiger partial charge in [-0.05, 0) is 31.4 Å². The van der Waals surface area contributed by atoms with Crippen LogP contribution in [0, 0.1) is 11.6 Å². The molecule has 3 atom stereocenters. The number of aromatic nitrogens is 2. The number of hydrogen-bond acceptors (Lipinski definition) is 3. The standard InChI is InChI=1S/C20H26F2N6.HI/c1-23-20(26-18-9-15(18)19-16(21)6-3-7-17(19)22)25-13-5-4-8-28(11-13)14-10-24-27(2)12-14;/h3,6-7,10,12-13,15,18H,4-5,8-9,11H2,1-2H3,(H2,23,25,26);1H. The molecule has 1 aromatic heterocycles. The van der Waals surface area contributed by atoms with E-state index in [4.69, 9.17) is 0 Å². The number of anilines is 1. The number of piperidine rings is 1. The van der Waals surface area contributed by atoms with Crippen LogP contribution in [0.25, 0.3) is 0 Å². The molecule has 2 aliphatic rings. The normalized spacial score (nSPS) is 24.1. The molecule has 9 heteroatoms. The second-order valence-corrected chi connectivity index (χ2v) is 7.60. The summed E-state index contributed by atoms with van der Waals surface area (Å²) in [4.78, 5) is 6.62. The van der Waals surface area contributed by atoms with Gasteiger partial charge >= 0.3 is 0 Å². The van der Waals surface area contributed by atoms with Crippen LogP contribution in [-0.4, -0.2) is 48.0 Å². The first-order chi connectivity index (χ1) is 13.5. The minimum absolute atomic E-state index is 0. The van der Waals surface area contributed by atoms with Crippen LogP contribution in [0.4, 0.5) is 14.5 Å². The maximum absolute atomic E-state index is 14.0. The first-order valence-electron chi connectivity index (χ1n) is 9.72. The number of nitrogens with zero attached hydrogens (tertiary/aromatic N) is 4. The molecule has 1 aliphatic heterocycles. The third kappa shape index (κ3) is 4.99. The summed E-state index contributed by atoms with van der Waals surface area (Å²) >= 11 is 0. The van der Waals surface area contributed by atoms with Crippen LogP contribution >= 0.6 is 24.0 Å². The monoisotopic (exact) mass is 516 g/mol. The Morgan fingerprint density at radius 3 is 2.66 bits per heavy atom. The largest absolute Gasteiger partial charge is 0.367 e. The fraction of sp³-hybridized carbons (Fsp3) is 0.500. The molecular weight excluding hydrogens is 489 g/mol. The molecule has 0 radical (unpaired) electrons. The van der Waals surface area contributed by atoms with Crippen molar-refractivity contribution >= 4 is 35.6 Å². The minimum Gasteiger partial charge on any atom is -0.367 e. The molecule has 1 saturated heterocycles. The fourth-order valence-corrected chi connectivity index (χ4v) is 3.98. The highest BCUT2D eigenvalue weighted by atomic mass is 127. The lowest BCUT2D eigenvalue weighted by Gasteiger charge is -2.34. The van der Waals surface area contributed by atoms with Crippen LogP contribution in [0.5, 0.6) is 0 Å². The Morgan fingerprint density at radius 2 is 2.00 bits per heavy atom. The zero-order valence-corrected chi connectivity index (χ0v) is 18.9. The van der Waals surface area contributed by atoms with Gasteiger partial charge in [0.05, 0.1) is 11.9 Å². The average Bonchev–Trinajstić information content (AvgIpc) is 3.28. The van der Waals surface area contributed by atoms with Crippen LogP contribution < -0.4 is 15.5 Å². The summed E-state index contributed by atoms with van der Waals surface area (Å²) in [6.45, 7) is 1.87. The van der Waals surface area contributed by atoms with Crippen LogP contribution in [-0.2, 0) is 7.05 Å². The summed E-state index contributed by atoms with van der Waals surface area (Å²) in [7, 11) is 3.64. The van der Waals surface area contributed by atoms with Gasteiger partial charge in [0.25, 0.3) is 0 Å². The number of nitrogens with one attached hydrogen (secondary N) is 2. The number of hydrogen-bond donors (Lipinski definition) is 2. The van der Waals surface area contributed by atoms with Crippen molar-refractivity contribution in [3.8, 4) is 0 Å². The van der Waals surface area contributed by atoms with Gasteiger partial charge < -0.3 is 15.5 Å². The Labute approximate surface area is 186 Å². The number of aliphatic imine (C=N–C) groups is 1. The highest BCUT2D eigenvalue weighted by Crippen LogP contribution is 2.43. The molecule has 1 saturated carbocycles. The number of aryl methyl sites for hydroxylation is 1. The molecule has 3 unspecified atom stereocenters. The fourth-order valence-electron chi connectivity index (χ4n) is 3.98. The van der Waals surface area contributed by atoms with Gasteiger partial charge in [0.1, 0.15) is 11.6 Å². The van der Waals surface area contributed by atoms with E-state index >= 15 is 0 Å². The Bertz CT molecular complexity index is 850. The van der Waals surface area contributed by atoms with E-state index in [9.17, 15) is 8.78 Å². The summed E-state index contributed by atoms with van der Waals surface area (Å²) < 4.78 is 29.8. The molecule has 4 rings (SSSR count). The van der Waals surface area contributed by atoms with Gasteiger partial charge in [0.15, 0.2) is 5.96 Å². The maximum atomic E-state index is 14.0.